The fourth-order valence-corrected chi connectivity index (χ4v) is 4.54. The summed E-state index contributed by atoms with van der Waals surface area (Å²) in [6.07, 6.45) is 4.52. The van der Waals surface area contributed by atoms with Gasteiger partial charge in [-0.25, -0.2) is 0 Å². The first-order valence-corrected chi connectivity index (χ1v) is 9.77. The van der Waals surface area contributed by atoms with E-state index in [-0.39, 0.29) is 5.91 Å². The molecule has 0 spiro atoms. The largest absolute Gasteiger partial charge is 0.358 e. The Morgan fingerprint density at radius 2 is 1.46 bits per heavy atom. The van der Waals surface area contributed by atoms with Crippen LogP contribution in [0.15, 0.2) is 60.7 Å². The van der Waals surface area contributed by atoms with Gasteiger partial charge in [0, 0.05) is 19.9 Å². The lowest BCUT2D eigenvalue weighted by atomic mass is 9.70. The third-order valence-electron chi connectivity index (χ3n) is 6.04. The SMILES string of the molecule is CNC(=O)C(CCC[N+]1(C)CCCC1)(c1ccccc1)c1ccccc1. The molecule has 1 heterocycles. The van der Waals surface area contributed by atoms with E-state index in [1.807, 2.05) is 36.4 Å². The van der Waals surface area contributed by atoms with E-state index in [0.29, 0.717) is 0 Å². The van der Waals surface area contributed by atoms with Crippen LogP contribution in [0.1, 0.15) is 36.8 Å². The molecular formula is C23H31N2O+. The summed E-state index contributed by atoms with van der Waals surface area (Å²) in [5.41, 5.74) is 1.53. The van der Waals surface area contributed by atoms with E-state index >= 15 is 0 Å². The summed E-state index contributed by atoms with van der Waals surface area (Å²) in [6.45, 7) is 3.67. The average Bonchev–Trinajstić information content (AvgIpc) is 3.13. The summed E-state index contributed by atoms with van der Waals surface area (Å²) < 4.78 is 1.15. The fourth-order valence-electron chi connectivity index (χ4n) is 4.54. The summed E-state index contributed by atoms with van der Waals surface area (Å²) in [7, 11) is 4.11. The van der Waals surface area contributed by atoms with Gasteiger partial charge in [-0.2, -0.15) is 0 Å². The highest BCUT2D eigenvalue weighted by Crippen LogP contribution is 2.37. The van der Waals surface area contributed by atoms with Crippen molar-refractivity contribution in [2.45, 2.75) is 31.1 Å². The maximum atomic E-state index is 13.2. The van der Waals surface area contributed by atoms with Crippen molar-refractivity contribution in [3.8, 4) is 0 Å². The van der Waals surface area contributed by atoms with Crippen LogP contribution in [0, 0.1) is 0 Å². The Morgan fingerprint density at radius 1 is 0.962 bits per heavy atom. The Hall–Kier alpha value is -2.13. The zero-order chi connectivity index (χ0) is 18.5. The molecule has 138 valence electrons. The molecule has 3 heteroatoms. The third kappa shape index (κ3) is 3.68. The molecule has 1 N–H and O–H groups in total. The number of benzene rings is 2. The first-order chi connectivity index (χ1) is 12.6. The number of nitrogens with zero attached hydrogens (tertiary/aromatic N) is 1. The summed E-state index contributed by atoms with van der Waals surface area (Å²) >= 11 is 0. The van der Waals surface area contributed by atoms with E-state index < -0.39 is 5.41 Å². The lowest BCUT2D eigenvalue weighted by Gasteiger charge is -2.35. The number of amides is 1. The van der Waals surface area contributed by atoms with Crippen molar-refractivity contribution in [2.75, 3.05) is 33.7 Å². The minimum atomic E-state index is -0.629. The number of nitrogens with one attached hydrogen (secondary N) is 1. The van der Waals surface area contributed by atoms with Gasteiger partial charge in [0.1, 0.15) is 0 Å². The lowest BCUT2D eigenvalue weighted by molar-refractivity contribution is -0.897. The number of quaternary nitrogens is 1. The molecule has 1 aliphatic rings. The van der Waals surface area contributed by atoms with Gasteiger partial charge in [0.15, 0.2) is 0 Å². The first-order valence-electron chi connectivity index (χ1n) is 9.77. The summed E-state index contributed by atoms with van der Waals surface area (Å²) in [5, 5.41) is 2.95. The van der Waals surface area contributed by atoms with Crippen LogP contribution < -0.4 is 5.32 Å². The van der Waals surface area contributed by atoms with E-state index in [4.69, 9.17) is 0 Å². The van der Waals surface area contributed by atoms with Gasteiger partial charge in [0.05, 0.1) is 32.1 Å². The summed E-state index contributed by atoms with van der Waals surface area (Å²) in [5.74, 6) is 0.0824. The van der Waals surface area contributed by atoms with Gasteiger partial charge in [-0.15, -0.1) is 0 Å². The number of carbonyl (C=O) groups is 1. The van der Waals surface area contributed by atoms with Gasteiger partial charge in [-0.05, 0) is 24.0 Å². The monoisotopic (exact) mass is 351 g/mol. The Kier molecular flexibility index (Phi) is 5.77. The number of carbonyl (C=O) groups excluding carboxylic acids is 1. The molecule has 1 amide bonds. The van der Waals surface area contributed by atoms with E-state index in [9.17, 15) is 4.79 Å². The molecule has 0 aromatic heterocycles. The Labute approximate surface area is 157 Å². The van der Waals surface area contributed by atoms with Crippen molar-refractivity contribution in [3.63, 3.8) is 0 Å². The number of likely N-dealkylation sites (tertiary alicyclic amines) is 1. The smallest absolute Gasteiger partial charge is 0.234 e. The highest BCUT2D eigenvalue weighted by molar-refractivity contribution is 5.91. The maximum Gasteiger partial charge on any atom is 0.234 e. The minimum absolute atomic E-state index is 0.0824. The second-order valence-corrected chi connectivity index (χ2v) is 7.82. The molecule has 3 rings (SSSR count). The van der Waals surface area contributed by atoms with Gasteiger partial charge < -0.3 is 9.80 Å². The molecule has 1 aliphatic heterocycles. The maximum absolute atomic E-state index is 13.2. The van der Waals surface area contributed by atoms with Crippen LogP contribution in [0.5, 0.6) is 0 Å². The van der Waals surface area contributed by atoms with Crippen molar-refractivity contribution in [3.05, 3.63) is 71.8 Å². The van der Waals surface area contributed by atoms with Crippen molar-refractivity contribution in [1.82, 2.24) is 5.32 Å². The Bertz CT molecular complexity index is 666. The standard InChI is InChI=1S/C23H30N2O/c1-24-22(26)23(20-12-5-3-6-13-20,21-14-7-4-8-15-21)16-11-19-25(2)17-9-10-18-25/h3-8,12-15H,9-11,16-19H2,1-2H3/p+1. The van der Waals surface area contributed by atoms with Crippen LogP contribution in [0.25, 0.3) is 0 Å². The second kappa shape index (κ2) is 8.05. The quantitative estimate of drug-likeness (QED) is 0.757. The fraction of sp³-hybridized carbons (Fsp3) is 0.435. The number of rotatable bonds is 7. The zero-order valence-corrected chi connectivity index (χ0v) is 16.1. The van der Waals surface area contributed by atoms with Crippen LogP contribution >= 0.6 is 0 Å². The normalized spacial score (nSPS) is 16.4. The predicted molar refractivity (Wildman–Crippen MR) is 107 cm³/mol. The molecule has 0 bridgehead atoms. The van der Waals surface area contributed by atoms with E-state index in [1.165, 1.54) is 25.9 Å². The van der Waals surface area contributed by atoms with Crippen LogP contribution in [0.3, 0.4) is 0 Å². The Balaban J connectivity index is 1.95. The average molecular weight is 352 g/mol. The van der Waals surface area contributed by atoms with Gasteiger partial charge in [0.2, 0.25) is 5.91 Å². The predicted octanol–water partition coefficient (Wildman–Crippen LogP) is 3.74. The van der Waals surface area contributed by atoms with E-state index in [1.54, 1.807) is 7.05 Å². The molecule has 3 nitrogen and oxygen atoms in total. The van der Waals surface area contributed by atoms with Gasteiger partial charge in [-0.1, -0.05) is 60.7 Å². The van der Waals surface area contributed by atoms with Crippen molar-refractivity contribution < 1.29 is 9.28 Å². The number of likely N-dealkylation sites (N-methyl/N-ethyl adjacent to an activating group) is 1. The highest BCUT2D eigenvalue weighted by Gasteiger charge is 2.41. The van der Waals surface area contributed by atoms with E-state index in [2.05, 4.69) is 36.6 Å². The summed E-state index contributed by atoms with van der Waals surface area (Å²) in [4.78, 5) is 13.2. The van der Waals surface area contributed by atoms with Crippen LogP contribution in [0.4, 0.5) is 0 Å². The molecule has 0 unspecified atom stereocenters. The van der Waals surface area contributed by atoms with Crippen molar-refractivity contribution in [2.24, 2.45) is 0 Å². The van der Waals surface area contributed by atoms with Crippen LogP contribution in [0.2, 0.25) is 0 Å². The molecule has 1 fully saturated rings. The van der Waals surface area contributed by atoms with Crippen molar-refractivity contribution >= 4 is 5.91 Å². The molecule has 2 aromatic rings. The second-order valence-electron chi connectivity index (χ2n) is 7.82. The third-order valence-corrected chi connectivity index (χ3v) is 6.04. The Morgan fingerprint density at radius 3 is 1.92 bits per heavy atom. The van der Waals surface area contributed by atoms with Crippen molar-refractivity contribution in [1.29, 1.82) is 0 Å². The molecule has 0 saturated carbocycles. The van der Waals surface area contributed by atoms with E-state index in [0.717, 1.165) is 35.0 Å². The van der Waals surface area contributed by atoms with Crippen LogP contribution in [-0.2, 0) is 10.2 Å². The van der Waals surface area contributed by atoms with Gasteiger partial charge >= 0.3 is 0 Å². The highest BCUT2D eigenvalue weighted by atomic mass is 16.2. The minimum Gasteiger partial charge on any atom is -0.358 e. The van der Waals surface area contributed by atoms with Gasteiger partial charge in [-0.3, -0.25) is 4.79 Å². The number of hydrogen-bond donors (Lipinski definition) is 1. The molecule has 1 saturated heterocycles. The van der Waals surface area contributed by atoms with Crippen LogP contribution in [-0.4, -0.2) is 44.1 Å². The molecule has 0 radical (unpaired) electrons. The van der Waals surface area contributed by atoms with Gasteiger partial charge in [0.25, 0.3) is 0 Å². The topological polar surface area (TPSA) is 29.1 Å². The zero-order valence-electron chi connectivity index (χ0n) is 16.1. The first kappa shape index (κ1) is 18.7. The molecule has 2 aromatic carbocycles. The molecule has 26 heavy (non-hydrogen) atoms. The molecule has 0 atom stereocenters. The molecule has 0 aliphatic carbocycles. The summed E-state index contributed by atoms with van der Waals surface area (Å²) in [6, 6.07) is 20.5. The number of hydrogen-bond acceptors (Lipinski definition) is 1. The lowest BCUT2D eigenvalue weighted by Crippen LogP contribution is -2.46. The molecular weight excluding hydrogens is 320 g/mol.